The molecule has 7 atom stereocenters. The van der Waals surface area contributed by atoms with E-state index in [0.29, 0.717) is 6.42 Å². The van der Waals surface area contributed by atoms with Gasteiger partial charge in [-0.2, -0.15) is 0 Å². The lowest BCUT2D eigenvalue weighted by Crippen LogP contribution is -2.45. The number of nitrogens with zero attached hydrogens (tertiary/aromatic N) is 1. The Bertz CT molecular complexity index is 909. The molecule has 0 aromatic carbocycles. The lowest BCUT2D eigenvalue weighted by Gasteiger charge is -2.34. The summed E-state index contributed by atoms with van der Waals surface area (Å²) in [7, 11) is 0. The quantitative estimate of drug-likeness (QED) is 0.472. The SMILES string of the molecule is C/C(=C\c1csc(C)n1)C1C[C@H]2O[C@H]2CCC[C@H](C)[C@H](O)[C@@H](C)C(=O)C(C)(C)[C@@H](O)CC(=O)O1. The summed E-state index contributed by atoms with van der Waals surface area (Å²) >= 11 is 1.56. The zero-order chi connectivity index (χ0) is 25.2. The lowest BCUT2D eigenvalue weighted by molar-refractivity contribution is -0.154. The monoisotopic (exact) mass is 493 g/mol. The number of hydrogen-bond donors (Lipinski definition) is 2. The molecular formula is C26H39NO6S. The number of fused-ring (bicyclic) bond motifs is 1. The average molecular weight is 494 g/mol. The predicted molar refractivity (Wildman–Crippen MR) is 131 cm³/mol. The molecule has 2 fully saturated rings. The van der Waals surface area contributed by atoms with Gasteiger partial charge < -0.3 is 19.7 Å². The fourth-order valence-corrected chi connectivity index (χ4v) is 5.35. The highest BCUT2D eigenvalue weighted by atomic mass is 32.1. The molecule has 1 unspecified atom stereocenters. The zero-order valence-corrected chi connectivity index (χ0v) is 21.9. The summed E-state index contributed by atoms with van der Waals surface area (Å²) in [5.41, 5.74) is 0.494. The van der Waals surface area contributed by atoms with Crippen molar-refractivity contribution in [2.75, 3.05) is 0 Å². The van der Waals surface area contributed by atoms with Gasteiger partial charge in [-0.05, 0) is 44.3 Å². The molecule has 1 aromatic rings. The van der Waals surface area contributed by atoms with Gasteiger partial charge in [-0.25, -0.2) is 4.98 Å². The van der Waals surface area contributed by atoms with E-state index in [-0.39, 0.29) is 30.3 Å². The second-order valence-corrected chi connectivity index (χ2v) is 11.7. The van der Waals surface area contributed by atoms with Gasteiger partial charge >= 0.3 is 5.97 Å². The van der Waals surface area contributed by atoms with Gasteiger partial charge in [0.25, 0.3) is 0 Å². The van der Waals surface area contributed by atoms with Crippen LogP contribution in [0, 0.1) is 24.2 Å². The number of hydrogen-bond acceptors (Lipinski definition) is 8. The highest BCUT2D eigenvalue weighted by molar-refractivity contribution is 7.09. The van der Waals surface area contributed by atoms with Crippen molar-refractivity contribution in [2.24, 2.45) is 17.3 Å². The molecule has 0 spiro atoms. The van der Waals surface area contributed by atoms with Crippen LogP contribution in [-0.2, 0) is 19.1 Å². The number of aliphatic hydroxyl groups excluding tert-OH is 2. The summed E-state index contributed by atoms with van der Waals surface area (Å²) in [5.74, 6) is -1.52. The molecule has 1 aromatic heterocycles. The van der Waals surface area contributed by atoms with E-state index in [1.54, 1.807) is 32.1 Å². The van der Waals surface area contributed by atoms with E-state index in [9.17, 15) is 19.8 Å². The molecule has 0 radical (unpaired) electrons. The number of carbonyl (C=O) groups is 2. The highest BCUT2D eigenvalue weighted by Crippen LogP contribution is 2.36. The number of rotatable bonds is 2. The molecule has 0 bridgehead atoms. The van der Waals surface area contributed by atoms with Crippen molar-refractivity contribution in [2.45, 2.75) is 104 Å². The Hall–Kier alpha value is -1.61. The van der Waals surface area contributed by atoms with Crippen LogP contribution >= 0.6 is 11.3 Å². The number of epoxide rings is 1. The summed E-state index contributed by atoms with van der Waals surface area (Å²) < 4.78 is 11.7. The lowest BCUT2D eigenvalue weighted by atomic mass is 9.73. The van der Waals surface area contributed by atoms with Gasteiger partial charge in [-0.15, -0.1) is 11.3 Å². The Morgan fingerprint density at radius 1 is 1.21 bits per heavy atom. The van der Waals surface area contributed by atoms with Crippen molar-refractivity contribution in [3.63, 3.8) is 0 Å². The van der Waals surface area contributed by atoms with Crippen molar-refractivity contribution in [3.05, 3.63) is 21.7 Å². The smallest absolute Gasteiger partial charge is 0.309 e. The van der Waals surface area contributed by atoms with Crippen LogP contribution < -0.4 is 0 Å². The van der Waals surface area contributed by atoms with Gasteiger partial charge in [0.1, 0.15) is 11.9 Å². The Labute approximate surface area is 206 Å². The number of ketones is 1. The van der Waals surface area contributed by atoms with Gasteiger partial charge in [-0.3, -0.25) is 9.59 Å². The number of aryl methyl sites for hydroxylation is 1. The molecule has 3 heterocycles. The molecular weight excluding hydrogens is 454 g/mol. The van der Waals surface area contributed by atoms with E-state index in [2.05, 4.69) is 4.98 Å². The third kappa shape index (κ3) is 6.53. The van der Waals surface area contributed by atoms with Gasteiger partial charge in [0.05, 0.1) is 47.0 Å². The number of ether oxygens (including phenoxy) is 2. The van der Waals surface area contributed by atoms with Crippen molar-refractivity contribution in [1.82, 2.24) is 4.98 Å². The first kappa shape index (κ1) is 27.0. The molecule has 8 heteroatoms. The fourth-order valence-electron chi connectivity index (χ4n) is 4.78. The van der Waals surface area contributed by atoms with Crippen LogP contribution in [0.2, 0.25) is 0 Å². The maximum Gasteiger partial charge on any atom is 0.309 e. The van der Waals surface area contributed by atoms with Crippen molar-refractivity contribution >= 4 is 29.2 Å². The Morgan fingerprint density at radius 2 is 1.91 bits per heavy atom. The first-order chi connectivity index (χ1) is 15.9. The Balaban J connectivity index is 1.81. The Kier molecular flexibility index (Phi) is 8.71. The normalized spacial score (nSPS) is 36.0. The molecule has 2 N–H and O–H groups in total. The third-order valence-corrected chi connectivity index (χ3v) is 8.20. The number of esters is 1. The van der Waals surface area contributed by atoms with Crippen LogP contribution in [0.25, 0.3) is 6.08 Å². The predicted octanol–water partition coefficient (Wildman–Crippen LogP) is 4.09. The zero-order valence-electron chi connectivity index (χ0n) is 21.1. The van der Waals surface area contributed by atoms with E-state index < -0.39 is 35.6 Å². The van der Waals surface area contributed by atoms with Crippen LogP contribution in [0.1, 0.15) is 77.4 Å². The summed E-state index contributed by atoms with van der Waals surface area (Å²) in [4.78, 5) is 30.5. The second-order valence-electron chi connectivity index (χ2n) is 10.6. The van der Waals surface area contributed by atoms with Crippen LogP contribution in [0.4, 0.5) is 0 Å². The maximum atomic E-state index is 13.2. The maximum absolute atomic E-state index is 13.2. The van der Waals surface area contributed by atoms with E-state index >= 15 is 0 Å². The Morgan fingerprint density at radius 3 is 2.56 bits per heavy atom. The van der Waals surface area contributed by atoms with Gasteiger partial charge in [0.15, 0.2) is 0 Å². The van der Waals surface area contributed by atoms with Crippen molar-refractivity contribution in [3.8, 4) is 0 Å². The number of thiazole rings is 1. The second kappa shape index (κ2) is 11.0. The first-order valence-electron chi connectivity index (χ1n) is 12.3. The molecule has 3 rings (SSSR count). The molecule has 7 nitrogen and oxygen atoms in total. The minimum absolute atomic E-state index is 0.00770. The number of aromatic nitrogens is 1. The van der Waals surface area contributed by atoms with Crippen LogP contribution in [-0.4, -0.2) is 57.5 Å². The van der Waals surface area contributed by atoms with Crippen LogP contribution in [0.5, 0.6) is 0 Å². The summed E-state index contributed by atoms with van der Waals surface area (Å²) in [6, 6.07) is 0. The van der Waals surface area contributed by atoms with Crippen LogP contribution in [0.3, 0.4) is 0 Å². The molecule has 2 aliphatic rings. The number of carbonyl (C=O) groups excluding carboxylic acids is 2. The van der Waals surface area contributed by atoms with Crippen LogP contribution in [0.15, 0.2) is 11.0 Å². The van der Waals surface area contributed by atoms with E-state index in [0.717, 1.165) is 35.5 Å². The van der Waals surface area contributed by atoms with E-state index in [1.807, 2.05) is 32.2 Å². The summed E-state index contributed by atoms with van der Waals surface area (Å²) in [6.45, 7) is 10.8. The molecule has 0 saturated carbocycles. The largest absolute Gasteiger partial charge is 0.458 e. The average Bonchev–Trinajstić information content (AvgIpc) is 3.38. The summed E-state index contributed by atoms with van der Waals surface area (Å²) in [5, 5.41) is 24.5. The van der Waals surface area contributed by atoms with E-state index in [1.165, 1.54) is 0 Å². The minimum Gasteiger partial charge on any atom is -0.458 e. The number of Topliss-reactive ketones (excluding diaryl/α,β-unsaturated/α-hetero) is 1. The van der Waals surface area contributed by atoms with Gasteiger partial charge in [-0.1, -0.05) is 34.1 Å². The number of cyclic esters (lactones) is 1. The fraction of sp³-hybridized carbons (Fsp3) is 0.731. The molecule has 0 amide bonds. The third-order valence-electron chi connectivity index (χ3n) is 7.41. The van der Waals surface area contributed by atoms with Gasteiger partial charge in [0, 0.05) is 17.7 Å². The number of aliphatic hydroxyl groups is 2. The molecule has 0 aliphatic carbocycles. The van der Waals surface area contributed by atoms with Crippen molar-refractivity contribution < 1.29 is 29.3 Å². The van der Waals surface area contributed by atoms with Crippen molar-refractivity contribution in [1.29, 1.82) is 0 Å². The van der Waals surface area contributed by atoms with Gasteiger partial charge in [0.2, 0.25) is 0 Å². The molecule has 34 heavy (non-hydrogen) atoms. The first-order valence-corrected chi connectivity index (χ1v) is 13.1. The highest BCUT2D eigenvalue weighted by Gasteiger charge is 2.44. The topological polar surface area (TPSA) is 109 Å². The molecule has 190 valence electrons. The standard InChI is InChI=1S/C26H39NO6S/c1-14-8-7-9-19-21(32-19)11-20(15(2)10-18-13-34-17(4)27-18)33-23(29)12-22(28)26(5,6)25(31)16(3)24(14)30/h10,13-14,16,19-22,24,28,30H,7-9,11-12H2,1-6H3/b15-10+/t14-,16+,19-,20?,21+,22-,24-/m0/s1. The minimum atomic E-state index is -1.22. The molecule has 2 aliphatic heterocycles. The molecule has 2 saturated heterocycles. The van der Waals surface area contributed by atoms with E-state index in [4.69, 9.17) is 9.47 Å². The summed E-state index contributed by atoms with van der Waals surface area (Å²) in [6.07, 6.45) is 2.28.